The molecule has 6 nitrogen and oxygen atoms in total. The molecular weight excluding hydrogens is 280 g/mol. The maximum Gasteiger partial charge on any atom is 0.319 e. The zero-order valence-corrected chi connectivity index (χ0v) is 12.1. The average molecular weight is 296 g/mol. The van der Waals surface area contributed by atoms with Crippen LogP contribution in [0.25, 0.3) is 5.52 Å². The summed E-state index contributed by atoms with van der Waals surface area (Å²) in [6, 6.07) is 12.8. The van der Waals surface area contributed by atoms with Crippen molar-refractivity contribution in [2.24, 2.45) is 0 Å². The smallest absolute Gasteiger partial charge is 0.319 e. The second-order valence-corrected chi connectivity index (χ2v) is 4.77. The number of hydrogen-bond acceptors (Lipinski definition) is 3. The van der Waals surface area contributed by atoms with E-state index in [9.17, 15) is 4.79 Å². The van der Waals surface area contributed by atoms with Crippen molar-refractivity contribution in [2.45, 2.75) is 6.54 Å². The van der Waals surface area contributed by atoms with Crippen molar-refractivity contribution >= 4 is 17.2 Å². The largest absolute Gasteiger partial charge is 0.497 e. The third-order valence-electron chi connectivity index (χ3n) is 3.27. The second-order valence-electron chi connectivity index (χ2n) is 4.77. The Kier molecular flexibility index (Phi) is 3.91. The number of nitrogens with one attached hydrogen (secondary N) is 2. The fourth-order valence-corrected chi connectivity index (χ4v) is 2.10. The van der Waals surface area contributed by atoms with E-state index in [0.717, 1.165) is 22.5 Å². The topological polar surface area (TPSA) is 67.7 Å². The Morgan fingerprint density at radius 2 is 2.05 bits per heavy atom. The van der Waals surface area contributed by atoms with E-state index in [-0.39, 0.29) is 6.03 Å². The highest BCUT2D eigenvalue weighted by molar-refractivity contribution is 5.89. The van der Waals surface area contributed by atoms with Crippen LogP contribution >= 0.6 is 0 Å². The fourth-order valence-electron chi connectivity index (χ4n) is 2.10. The summed E-state index contributed by atoms with van der Waals surface area (Å²) in [5.74, 6) is 0.794. The molecule has 0 saturated heterocycles. The maximum absolute atomic E-state index is 11.9. The van der Waals surface area contributed by atoms with Crippen molar-refractivity contribution in [3.8, 4) is 5.75 Å². The van der Waals surface area contributed by atoms with E-state index in [0.29, 0.717) is 6.54 Å². The first kappa shape index (κ1) is 13.9. The summed E-state index contributed by atoms with van der Waals surface area (Å²) in [7, 11) is 1.62. The van der Waals surface area contributed by atoms with Gasteiger partial charge in [-0.3, -0.25) is 0 Å². The molecule has 0 atom stereocenters. The molecular formula is C16H16N4O2. The number of methoxy groups -OCH3 is 1. The molecule has 0 aliphatic rings. The molecule has 0 saturated carbocycles. The number of ether oxygens (including phenoxy) is 1. The van der Waals surface area contributed by atoms with Gasteiger partial charge in [-0.1, -0.05) is 12.1 Å². The number of aromatic nitrogens is 2. The molecule has 2 N–H and O–H groups in total. The number of carbonyl (C=O) groups excluding carboxylic acids is 1. The Balaban J connectivity index is 1.57. The quantitative estimate of drug-likeness (QED) is 0.778. The number of nitrogens with zero attached hydrogens (tertiary/aromatic N) is 2. The number of anilines is 1. The molecule has 3 aromatic rings. The van der Waals surface area contributed by atoms with Crippen molar-refractivity contribution < 1.29 is 9.53 Å². The first-order valence-corrected chi connectivity index (χ1v) is 6.86. The van der Waals surface area contributed by atoms with Crippen LogP contribution in [0.2, 0.25) is 0 Å². The van der Waals surface area contributed by atoms with Crippen LogP contribution in [0.4, 0.5) is 10.5 Å². The van der Waals surface area contributed by atoms with Crippen LogP contribution in [-0.4, -0.2) is 22.8 Å². The lowest BCUT2D eigenvalue weighted by atomic mass is 10.2. The minimum Gasteiger partial charge on any atom is -0.497 e. The molecule has 112 valence electrons. The van der Waals surface area contributed by atoms with E-state index < -0.39 is 0 Å². The van der Waals surface area contributed by atoms with Gasteiger partial charge >= 0.3 is 6.03 Å². The van der Waals surface area contributed by atoms with Crippen molar-refractivity contribution in [3.05, 3.63) is 60.4 Å². The van der Waals surface area contributed by atoms with Crippen LogP contribution in [-0.2, 0) is 6.54 Å². The van der Waals surface area contributed by atoms with E-state index in [1.165, 1.54) is 0 Å². The summed E-state index contributed by atoms with van der Waals surface area (Å²) in [4.78, 5) is 11.9. The molecule has 0 fully saturated rings. The van der Waals surface area contributed by atoms with Crippen molar-refractivity contribution in [2.75, 3.05) is 12.4 Å². The predicted molar refractivity (Wildman–Crippen MR) is 84.0 cm³/mol. The Labute approximate surface area is 127 Å². The lowest BCUT2D eigenvalue weighted by Gasteiger charge is -2.08. The number of carbonyl (C=O) groups is 1. The number of urea groups is 1. The number of amides is 2. The first-order valence-electron chi connectivity index (χ1n) is 6.86. The lowest BCUT2D eigenvalue weighted by molar-refractivity contribution is 0.251. The van der Waals surface area contributed by atoms with Gasteiger partial charge in [0.25, 0.3) is 0 Å². The van der Waals surface area contributed by atoms with Gasteiger partial charge in [-0.2, -0.15) is 5.10 Å². The molecule has 2 amide bonds. The van der Waals surface area contributed by atoms with Gasteiger partial charge in [-0.25, -0.2) is 9.31 Å². The predicted octanol–water partition coefficient (Wildman–Crippen LogP) is 2.66. The molecule has 2 aromatic heterocycles. The molecule has 0 bridgehead atoms. The van der Waals surface area contributed by atoms with Gasteiger partial charge in [0.1, 0.15) is 5.75 Å². The minimum atomic E-state index is -0.250. The zero-order valence-electron chi connectivity index (χ0n) is 12.1. The summed E-state index contributed by atoms with van der Waals surface area (Å²) >= 11 is 0. The van der Waals surface area contributed by atoms with E-state index in [1.807, 2.05) is 36.4 Å². The Morgan fingerprint density at radius 3 is 2.82 bits per heavy atom. The summed E-state index contributed by atoms with van der Waals surface area (Å²) in [5.41, 5.74) is 2.65. The van der Waals surface area contributed by atoms with E-state index >= 15 is 0 Å². The second kappa shape index (κ2) is 6.17. The molecule has 2 heterocycles. The number of rotatable bonds is 4. The van der Waals surface area contributed by atoms with Crippen molar-refractivity contribution in [1.29, 1.82) is 0 Å². The summed E-state index contributed by atoms with van der Waals surface area (Å²) in [6.07, 6.45) is 3.51. The normalized spacial score (nSPS) is 10.4. The SMILES string of the molecule is COc1ccc(CNC(=O)Nc2ccn3nccc3c2)cc1. The van der Waals surface area contributed by atoms with Gasteiger partial charge < -0.3 is 15.4 Å². The molecule has 3 rings (SSSR count). The first-order chi connectivity index (χ1) is 10.7. The van der Waals surface area contributed by atoms with E-state index in [1.54, 1.807) is 30.1 Å². The van der Waals surface area contributed by atoms with Gasteiger partial charge in [0.2, 0.25) is 0 Å². The van der Waals surface area contributed by atoms with Crippen LogP contribution < -0.4 is 15.4 Å². The van der Waals surface area contributed by atoms with Gasteiger partial charge in [0, 0.05) is 24.6 Å². The molecule has 6 heteroatoms. The molecule has 0 aliphatic heterocycles. The Bertz CT molecular complexity index is 780. The summed E-state index contributed by atoms with van der Waals surface area (Å²) in [6.45, 7) is 0.449. The van der Waals surface area contributed by atoms with Crippen LogP contribution in [0.1, 0.15) is 5.56 Å². The maximum atomic E-state index is 11.9. The number of fused-ring (bicyclic) bond motifs is 1. The van der Waals surface area contributed by atoms with Crippen LogP contribution in [0, 0.1) is 0 Å². The number of pyridine rings is 1. The molecule has 22 heavy (non-hydrogen) atoms. The Morgan fingerprint density at radius 1 is 1.23 bits per heavy atom. The van der Waals surface area contributed by atoms with Gasteiger partial charge in [0.05, 0.1) is 12.6 Å². The van der Waals surface area contributed by atoms with E-state index in [2.05, 4.69) is 15.7 Å². The van der Waals surface area contributed by atoms with Crippen LogP contribution in [0.5, 0.6) is 5.75 Å². The van der Waals surface area contributed by atoms with Crippen LogP contribution in [0.15, 0.2) is 54.9 Å². The minimum absolute atomic E-state index is 0.250. The third-order valence-corrected chi connectivity index (χ3v) is 3.27. The lowest BCUT2D eigenvalue weighted by Crippen LogP contribution is -2.28. The van der Waals surface area contributed by atoms with Crippen molar-refractivity contribution in [1.82, 2.24) is 14.9 Å². The summed E-state index contributed by atoms with van der Waals surface area (Å²) in [5, 5.41) is 9.72. The van der Waals surface area contributed by atoms with Gasteiger partial charge in [-0.15, -0.1) is 0 Å². The standard InChI is InChI=1S/C16H16N4O2/c1-22-15-4-2-12(3-5-15)11-17-16(21)19-13-7-9-20-14(10-13)6-8-18-20/h2-10H,11H2,1H3,(H2,17,19,21). The zero-order chi connectivity index (χ0) is 15.4. The molecule has 0 radical (unpaired) electrons. The molecule has 0 unspecified atom stereocenters. The molecule has 0 spiro atoms. The average Bonchev–Trinajstić information content (AvgIpc) is 3.01. The van der Waals surface area contributed by atoms with Gasteiger partial charge in [-0.05, 0) is 35.9 Å². The van der Waals surface area contributed by atoms with E-state index in [4.69, 9.17) is 4.74 Å². The third kappa shape index (κ3) is 3.17. The molecule has 1 aromatic carbocycles. The Hall–Kier alpha value is -3.02. The summed E-state index contributed by atoms with van der Waals surface area (Å²) < 4.78 is 6.83. The monoisotopic (exact) mass is 296 g/mol. The fraction of sp³-hybridized carbons (Fsp3) is 0.125. The number of hydrogen-bond donors (Lipinski definition) is 2. The van der Waals surface area contributed by atoms with Crippen molar-refractivity contribution in [3.63, 3.8) is 0 Å². The highest BCUT2D eigenvalue weighted by Crippen LogP contribution is 2.12. The highest BCUT2D eigenvalue weighted by atomic mass is 16.5. The highest BCUT2D eigenvalue weighted by Gasteiger charge is 2.03. The number of benzene rings is 1. The van der Waals surface area contributed by atoms with Crippen LogP contribution in [0.3, 0.4) is 0 Å². The van der Waals surface area contributed by atoms with Gasteiger partial charge in [0.15, 0.2) is 0 Å². The molecule has 0 aliphatic carbocycles.